The summed E-state index contributed by atoms with van der Waals surface area (Å²) < 4.78 is 44.8. The highest BCUT2D eigenvalue weighted by atomic mass is 35.5. The van der Waals surface area contributed by atoms with E-state index in [1.54, 1.807) is 11.8 Å². The van der Waals surface area contributed by atoms with Gasteiger partial charge in [0.05, 0.1) is 18.2 Å². The second kappa shape index (κ2) is 7.75. The number of pyridine rings is 1. The number of likely N-dealkylation sites (tertiary alicyclic amines) is 1. The molecule has 2 aromatic heterocycles. The summed E-state index contributed by atoms with van der Waals surface area (Å²) in [5.41, 5.74) is -0.631. The van der Waals surface area contributed by atoms with Crippen molar-refractivity contribution in [3.8, 4) is 5.88 Å². The highest BCUT2D eigenvalue weighted by molar-refractivity contribution is 6.32. The van der Waals surface area contributed by atoms with Crippen LogP contribution in [0.15, 0.2) is 24.5 Å². The molecule has 1 amide bonds. The Hall–Kier alpha value is -2.29. The van der Waals surface area contributed by atoms with E-state index in [0.717, 1.165) is 6.07 Å². The van der Waals surface area contributed by atoms with Gasteiger partial charge in [0.15, 0.2) is 5.69 Å². The van der Waals surface area contributed by atoms with Crippen molar-refractivity contribution in [3.05, 3.63) is 40.8 Å². The lowest BCUT2D eigenvalue weighted by Gasteiger charge is -2.33. The summed E-state index contributed by atoms with van der Waals surface area (Å²) >= 11 is 6.08. The molecule has 0 bridgehead atoms. The van der Waals surface area contributed by atoms with Gasteiger partial charge in [0.2, 0.25) is 5.88 Å². The molecule has 10 heteroatoms. The number of carbonyl (C=O) groups excluding carboxylic acids is 1. The lowest BCUT2D eigenvalue weighted by atomic mass is 10.0. The molecule has 1 aliphatic heterocycles. The number of carbonyl (C=O) groups is 1. The molecule has 1 atom stereocenters. The van der Waals surface area contributed by atoms with Crippen molar-refractivity contribution >= 4 is 17.5 Å². The first-order valence-corrected chi connectivity index (χ1v) is 8.87. The van der Waals surface area contributed by atoms with Gasteiger partial charge in [0.25, 0.3) is 5.91 Å². The third-order valence-electron chi connectivity index (χ3n) is 4.29. The van der Waals surface area contributed by atoms with Gasteiger partial charge < -0.3 is 9.64 Å². The van der Waals surface area contributed by atoms with Gasteiger partial charge in [-0.05, 0) is 31.9 Å². The number of hydrogen-bond donors (Lipinski definition) is 0. The Morgan fingerprint density at radius 3 is 2.85 bits per heavy atom. The second-order valence-corrected chi connectivity index (χ2v) is 6.58. The predicted molar refractivity (Wildman–Crippen MR) is 91.8 cm³/mol. The number of ether oxygens (including phenoxy) is 1. The van der Waals surface area contributed by atoms with E-state index in [0.29, 0.717) is 31.6 Å². The Morgan fingerprint density at radius 2 is 2.22 bits per heavy atom. The number of amides is 1. The highest BCUT2D eigenvalue weighted by Crippen LogP contribution is 2.30. The summed E-state index contributed by atoms with van der Waals surface area (Å²) in [6, 6.07) is 2.11. The van der Waals surface area contributed by atoms with Gasteiger partial charge in [-0.15, -0.1) is 0 Å². The zero-order valence-corrected chi connectivity index (χ0v) is 15.3. The third kappa shape index (κ3) is 4.35. The average molecular weight is 403 g/mol. The van der Waals surface area contributed by atoms with Crippen molar-refractivity contribution in [1.82, 2.24) is 19.7 Å². The van der Waals surface area contributed by atoms with Gasteiger partial charge in [0, 0.05) is 25.5 Å². The topological polar surface area (TPSA) is 60.2 Å². The van der Waals surface area contributed by atoms with Crippen LogP contribution in [0.3, 0.4) is 0 Å². The molecule has 0 spiro atoms. The molecule has 1 unspecified atom stereocenters. The molecule has 0 saturated carbocycles. The monoisotopic (exact) mass is 402 g/mol. The van der Waals surface area contributed by atoms with E-state index in [2.05, 4.69) is 10.1 Å². The SMILES string of the molecule is CCOc1ncc(C(=O)N2CCCC(n3ccc(C(F)(F)F)n3)C2)cc1Cl. The minimum Gasteiger partial charge on any atom is -0.477 e. The minimum atomic E-state index is -4.49. The van der Waals surface area contributed by atoms with Gasteiger partial charge in [-0.2, -0.15) is 18.3 Å². The largest absolute Gasteiger partial charge is 0.477 e. The van der Waals surface area contributed by atoms with Crippen LogP contribution in [0.2, 0.25) is 5.02 Å². The Morgan fingerprint density at radius 1 is 1.44 bits per heavy atom. The number of rotatable bonds is 4. The van der Waals surface area contributed by atoms with E-state index >= 15 is 0 Å². The number of piperidine rings is 1. The van der Waals surface area contributed by atoms with E-state index in [1.165, 1.54) is 23.1 Å². The molecule has 1 saturated heterocycles. The lowest BCUT2D eigenvalue weighted by Crippen LogP contribution is -2.41. The smallest absolute Gasteiger partial charge is 0.435 e. The van der Waals surface area contributed by atoms with Crippen LogP contribution in [0.4, 0.5) is 13.2 Å². The van der Waals surface area contributed by atoms with Crippen LogP contribution < -0.4 is 4.74 Å². The summed E-state index contributed by atoms with van der Waals surface area (Å²) in [7, 11) is 0. The summed E-state index contributed by atoms with van der Waals surface area (Å²) in [6.45, 7) is 2.97. The summed E-state index contributed by atoms with van der Waals surface area (Å²) in [5, 5.41) is 3.86. The van der Waals surface area contributed by atoms with Crippen LogP contribution in [0.1, 0.15) is 41.9 Å². The number of alkyl halides is 3. The summed E-state index contributed by atoms with van der Waals surface area (Å²) in [5.74, 6) is -0.0243. The van der Waals surface area contributed by atoms with Gasteiger partial charge in [-0.25, -0.2) is 4.98 Å². The van der Waals surface area contributed by atoms with Crippen molar-refractivity contribution < 1.29 is 22.7 Å². The maximum absolute atomic E-state index is 12.7. The van der Waals surface area contributed by atoms with E-state index in [-0.39, 0.29) is 29.4 Å². The Bertz CT molecular complexity index is 825. The summed E-state index contributed by atoms with van der Waals surface area (Å²) in [6.07, 6.45) is -0.490. The molecule has 1 aliphatic rings. The zero-order valence-electron chi connectivity index (χ0n) is 14.5. The first kappa shape index (κ1) is 19.5. The van der Waals surface area contributed by atoms with E-state index < -0.39 is 11.9 Å². The molecule has 27 heavy (non-hydrogen) atoms. The maximum Gasteiger partial charge on any atom is 0.435 e. The molecule has 146 valence electrons. The fourth-order valence-electron chi connectivity index (χ4n) is 3.02. The fourth-order valence-corrected chi connectivity index (χ4v) is 3.24. The Kier molecular flexibility index (Phi) is 5.59. The molecule has 1 fully saturated rings. The molecule has 3 heterocycles. The van der Waals surface area contributed by atoms with Crippen LogP contribution in [-0.2, 0) is 6.18 Å². The van der Waals surface area contributed by atoms with Crippen molar-refractivity contribution in [2.45, 2.75) is 32.0 Å². The van der Waals surface area contributed by atoms with Gasteiger partial charge in [-0.3, -0.25) is 9.48 Å². The predicted octanol–water partition coefficient (Wildman–Crippen LogP) is 3.83. The number of nitrogens with zero attached hydrogens (tertiary/aromatic N) is 4. The molecule has 2 aromatic rings. The number of hydrogen-bond acceptors (Lipinski definition) is 4. The second-order valence-electron chi connectivity index (χ2n) is 6.17. The van der Waals surface area contributed by atoms with Gasteiger partial charge >= 0.3 is 6.18 Å². The van der Waals surface area contributed by atoms with Crippen LogP contribution in [0, 0.1) is 0 Å². The summed E-state index contributed by atoms with van der Waals surface area (Å²) in [4.78, 5) is 18.4. The Balaban J connectivity index is 1.73. The van der Waals surface area contributed by atoms with Crippen LogP contribution in [0.5, 0.6) is 5.88 Å². The molecule has 0 aromatic carbocycles. The number of aromatic nitrogens is 3. The van der Waals surface area contributed by atoms with Crippen molar-refractivity contribution in [2.24, 2.45) is 0 Å². The fraction of sp³-hybridized carbons (Fsp3) is 0.471. The molecule has 0 N–H and O–H groups in total. The van der Waals surface area contributed by atoms with Crippen molar-refractivity contribution in [3.63, 3.8) is 0 Å². The molecular weight excluding hydrogens is 385 g/mol. The van der Waals surface area contributed by atoms with Crippen LogP contribution in [0.25, 0.3) is 0 Å². The normalized spacial score (nSPS) is 17.8. The van der Waals surface area contributed by atoms with Crippen LogP contribution >= 0.6 is 11.6 Å². The van der Waals surface area contributed by atoms with E-state index in [1.807, 2.05) is 0 Å². The molecule has 6 nitrogen and oxygen atoms in total. The molecule has 0 radical (unpaired) electrons. The Labute approximate surface area is 158 Å². The van der Waals surface area contributed by atoms with Crippen LogP contribution in [-0.4, -0.2) is 45.3 Å². The van der Waals surface area contributed by atoms with E-state index in [9.17, 15) is 18.0 Å². The molecule has 0 aliphatic carbocycles. The third-order valence-corrected chi connectivity index (χ3v) is 4.56. The minimum absolute atomic E-state index is 0.234. The van der Waals surface area contributed by atoms with Gasteiger partial charge in [-0.1, -0.05) is 11.6 Å². The van der Waals surface area contributed by atoms with Crippen molar-refractivity contribution in [2.75, 3.05) is 19.7 Å². The van der Waals surface area contributed by atoms with E-state index in [4.69, 9.17) is 16.3 Å². The standard InChI is InChI=1S/C17H18ClF3N4O2/c1-2-27-15-13(18)8-11(9-22-15)16(26)24-6-3-4-12(10-24)25-7-5-14(23-25)17(19,20)21/h5,7-9,12H,2-4,6,10H2,1H3. The molecule has 3 rings (SSSR count). The maximum atomic E-state index is 12.7. The highest BCUT2D eigenvalue weighted by Gasteiger charge is 2.35. The lowest BCUT2D eigenvalue weighted by molar-refractivity contribution is -0.141. The zero-order chi connectivity index (χ0) is 19.6. The van der Waals surface area contributed by atoms with Gasteiger partial charge in [0.1, 0.15) is 5.02 Å². The average Bonchev–Trinajstić information content (AvgIpc) is 3.14. The first-order valence-electron chi connectivity index (χ1n) is 8.49. The quantitative estimate of drug-likeness (QED) is 0.780. The first-order chi connectivity index (χ1) is 12.8. The van der Waals surface area contributed by atoms with Crippen molar-refractivity contribution in [1.29, 1.82) is 0 Å². The molecular formula is C17H18ClF3N4O2. The number of halogens is 4.